The maximum atomic E-state index is 12.6. The fourth-order valence-electron chi connectivity index (χ4n) is 4.07. The molecule has 5 rings (SSSR count). The minimum Gasteiger partial charge on any atom is -0.444 e. The van der Waals surface area contributed by atoms with Crippen LogP contribution < -0.4 is 10.2 Å². The van der Waals surface area contributed by atoms with Gasteiger partial charge in [0.25, 0.3) is 0 Å². The number of anilines is 3. The van der Waals surface area contributed by atoms with Gasteiger partial charge in [-0.15, -0.1) is 0 Å². The molecule has 1 amide bonds. The second-order valence-corrected chi connectivity index (χ2v) is 8.83. The van der Waals surface area contributed by atoms with Crippen molar-refractivity contribution < 1.29 is 14.5 Å². The van der Waals surface area contributed by atoms with E-state index in [9.17, 15) is 14.9 Å². The summed E-state index contributed by atoms with van der Waals surface area (Å²) in [6.45, 7) is 6.74. The largest absolute Gasteiger partial charge is 0.444 e. The zero-order valence-corrected chi connectivity index (χ0v) is 17.8. The average molecular weight is 426 g/mol. The van der Waals surface area contributed by atoms with Gasteiger partial charge in [-0.2, -0.15) is 0 Å². The van der Waals surface area contributed by atoms with Gasteiger partial charge in [0, 0.05) is 43.3 Å². The second kappa shape index (κ2) is 8.01. The van der Waals surface area contributed by atoms with Crippen LogP contribution in [0.1, 0.15) is 33.6 Å². The van der Waals surface area contributed by atoms with Crippen LogP contribution in [0.15, 0.2) is 36.7 Å². The van der Waals surface area contributed by atoms with Gasteiger partial charge in [-0.3, -0.25) is 15.1 Å². The highest BCUT2D eigenvalue weighted by Crippen LogP contribution is 2.35. The number of amides is 1. The van der Waals surface area contributed by atoms with Crippen molar-refractivity contribution >= 4 is 29.1 Å². The molecule has 0 saturated carbocycles. The highest BCUT2D eigenvalue weighted by atomic mass is 16.6. The number of rotatable bonds is 4. The molecule has 3 fully saturated rings. The summed E-state index contributed by atoms with van der Waals surface area (Å²) in [5, 5.41) is 14.5. The van der Waals surface area contributed by atoms with Crippen molar-refractivity contribution in [1.29, 1.82) is 0 Å². The van der Waals surface area contributed by atoms with E-state index in [1.165, 1.54) is 6.07 Å². The lowest BCUT2D eigenvalue weighted by atomic mass is 9.91. The highest BCUT2D eigenvalue weighted by molar-refractivity contribution is 5.70. The number of aromatic nitrogens is 2. The number of carbonyl (C=O) groups is 1. The summed E-state index contributed by atoms with van der Waals surface area (Å²) in [7, 11) is 0. The van der Waals surface area contributed by atoms with Crippen LogP contribution in [0, 0.1) is 10.1 Å². The third-order valence-electron chi connectivity index (χ3n) is 5.45. The van der Waals surface area contributed by atoms with Gasteiger partial charge in [0.1, 0.15) is 11.4 Å². The fraction of sp³-hybridized carbons (Fsp3) is 0.476. The first-order valence-corrected chi connectivity index (χ1v) is 10.3. The van der Waals surface area contributed by atoms with Gasteiger partial charge in [-0.1, -0.05) is 0 Å². The molecule has 3 aliphatic heterocycles. The maximum Gasteiger partial charge on any atom is 0.410 e. The van der Waals surface area contributed by atoms with Crippen LogP contribution in [-0.2, 0) is 4.74 Å². The van der Waals surface area contributed by atoms with Crippen molar-refractivity contribution in [2.24, 2.45) is 0 Å². The molecule has 5 heterocycles. The van der Waals surface area contributed by atoms with Crippen molar-refractivity contribution in [3.8, 4) is 0 Å². The standard InChI is InChI=1S/C21H26N6O4/c1-21(2,3)31-20(28)26-13-15-4-5-16(26)12-25(15)18-7-6-17(27(29)30)19(24-18)23-14-8-10-22-11-9-14/h6-11,15-16H,4-5,12-13H2,1-3H3,(H,22,23,24)/t15-,16-/m0/s1. The third-order valence-corrected chi connectivity index (χ3v) is 5.45. The van der Waals surface area contributed by atoms with Crippen LogP contribution in [0.5, 0.6) is 0 Å². The van der Waals surface area contributed by atoms with Crippen LogP contribution >= 0.6 is 0 Å². The summed E-state index contributed by atoms with van der Waals surface area (Å²) >= 11 is 0. The number of piperazine rings is 1. The van der Waals surface area contributed by atoms with E-state index in [-0.39, 0.29) is 29.7 Å². The molecule has 0 spiro atoms. The van der Waals surface area contributed by atoms with E-state index in [2.05, 4.69) is 20.2 Å². The predicted molar refractivity (Wildman–Crippen MR) is 116 cm³/mol. The fourth-order valence-corrected chi connectivity index (χ4v) is 4.07. The molecule has 3 aliphatic rings. The molecule has 164 valence electrons. The Kier molecular flexibility index (Phi) is 5.38. The maximum absolute atomic E-state index is 12.6. The van der Waals surface area contributed by atoms with Crippen molar-refractivity contribution in [3.63, 3.8) is 0 Å². The van der Waals surface area contributed by atoms with E-state index in [4.69, 9.17) is 4.74 Å². The molecule has 0 aliphatic carbocycles. The van der Waals surface area contributed by atoms with E-state index in [0.717, 1.165) is 12.8 Å². The number of hydrogen-bond acceptors (Lipinski definition) is 8. The number of nitrogens with zero attached hydrogens (tertiary/aromatic N) is 5. The Balaban J connectivity index is 1.56. The van der Waals surface area contributed by atoms with E-state index in [1.54, 1.807) is 35.5 Å². The Bertz CT molecular complexity index is 978. The van der Waals surface area contributed by atoms with Gasteiger partial charge in [-0.05, 0) is 51.8 Å². The van der Waals surface area contributed by atoms with Crippen LogP contribution in [-0.4, -0.2) is 56.7 Å². The number of nitro groups is 1. The van der Waals surface area contributed by atoms with Gasteiger partial charge in [0.05, 0.1) is 11.0 Å². The Hall–Kier alpha value is -3.43. The number of carbonyl (C=O) groups excluding carboxylic acids is 1. The molecule has 2 aromatic rings. The van der Waals surface area contributed by atoms with Gasteiger partial charge < -0.3 is 19.9 Å². The summed E-state index contributed by atoms with van der Waals surface area (Å²) < 4.78 is 5.56. The van der Waals surface area contributed by atoms with E-state index in [1.807, 2.05) is 20.8 Å². The highest BCUT2D eigenvalue weighted by Gasteiger charge is 2.43. The summed E-state index contributed by atoms with van der Waals surface area (Å²) in [5.41, 5.74) is 0.0260. The SMILES string of the molecule is CC(C)(C)OC(=O)N1C[C@@H]2CC[C@H]1CN2c1ccc([N+](=O)[O-])c(Nc2ccncc2)n1. The molecule has 10 heteroatoms. The summed E-state index contributed by atoms with van der Waals surface area (Å²) in [6, 6.07) is 6.70. The molecule has 2 atom stereocenters. The monoisotopic (exact) mass is 426 g/mol. The van der Waals surface area contributed by atoms with Crippen LogP contribution in [0.3, 0.4) is 0 Å². The Morgan fingerprint density at radius 3 is 2.48 bits per heavy atom. The van der Waals surface area contributed by atoms with Crippen LogP contribution in [0.25, 0.3) is 0 Å². The molecular formula is C21H26N6O4. The molecule has 2 aromatic heterocycles. The Morgan fingerprint density at radius 1 is 1.16 bits per heavy atom. The Morgan fingerprint density at radius 2 is 1.87 bits per heavy atom. The quantitative estimate of drug-likeness (QED) is 0.581. The summed E-state index contributed by atoms with van der Waals surface area (Å²) in [6.07, 6.45) is 4.74. The lowest BCUT2D eigenvalue weighted by molar-refractivity contribution is -0.384. The number of fused-ring (bicyclic) bond motifs is 3. The minimum absolute atomic E-state index is 0.0217. The van der Waals surface area contributed by atoms with E-state index in [0.29, 0.717) is 24.6 Å². The molecule has 0 aromatic carbocycles. The first kappa shape index (κ1) is 20.8. The average Bonchev–Trinajstić information content (AvgIpc) is 2.73. The predicted octanol–water partition coefficient (Wildman–Crippen LogP) is 3.72. The second-order valence-electron chi connectivity index (χ2n) is 8.83. The zero-order chi connectivity index (χ0) is 22.2. The number of nitrogens with one attached hydrogen (secondary N) is 1. The van der Waals surface area contributed by atoms with E-state index >= 15 is 0 Å². The Labute approximate surface area is 180 Å². The number of hydrogen-bond donors (Lipinski definition) is 1. The number of ether oxygens (including phenoxy) is 1. The summed E-state index contributed by atoms with van der Waals surface area (Å²) in [4.78, 5) is 36.1. The van der Waals surface area contributed by atoms with Crippen LogP contribution in [0.2, 0.25) is 0 Å². The lowest BCUT2D eigenvalue weighted by Crippen LogP contribution is -2.64. The minimum atomic E-state index is -0.541. The van der Waals surface area contributed by atoms with Gasteiger partial charge >= 0.3 is 11.8 Å². The molecule has 3 saturated heterocycles. The molecule has 0 radical (unpaired) electrons. The number of piperidine rings is 2. The first-order valence-electron chi connectivity index (χ1n) is 10.3. The number of pyridine rings is 2. The first-order chi connectivity index (χ1) is 14.7. The molecule has 1 N–H and O–H groups in total. The van der Waals surface area contributed by atoms with Crippen molar-refractivity contribution in [2.75, 3.05) is 23.3 Å². The molecular weight excluding hydrogens is 400 g/mol. The third kappa shape index (κ3) is 4.52. The topological polar surface area (TPSA) is 114 Å². The molecule has 2 bridgehead atoms. The van der Waals surface area contributed by atoms with Gasteiger partial charge in [-0.25, -0.2) is 9.78 Å². The normalized spacial score (nSPS) is 20.5. The summed E-state index contributed by atoms with van der Waals surface area (Å²) in [5.74, 6) is 0.833. The van der Waals surface area contributed by atoms with E-state index < -0.39 is 10.5 Å². The smallest absolute Gasteiger partial charge is 0.410 e. The van der Waals surface area contributed by atoms with Gasteiger partial charge in [0.15, 0.2) is 0 Å². The van der Waals surface area contributed by atoms with Crippen molar-refractivity contribution in [1.82, 2.24) is 14.9 Å². The molecule has 0 unspecified atom stereocenters. The molecule has 31 heavy (non-hydrogen) atoms. The molecule has 10 nitrogen and oxygen atoms in total. The van der Waals surface area contributed by atoms with Gasteiger partial charge in [0.2, 0.25) is 5.82 Å². The zero-order valence-electron chi connectivity index (χ0n) is 17.8. The van der Waals surface area contributed by atoms with Crippen LogP contribution in [0.4, 0.5) is 27.8 Å². The van der Waals surface area contributed by atoms with Crippen molar-refractivity contribution in [3.05, 3.63) is 46.8 Å². The lowest BCUT2D eigenvalue weighted by Gasteiger charge is -2.51. The van der Waals surface area contributed by atoms with Crippen molar-refractivity contribution in [2.45, 2.75) is 51.3 Å².